The smallest absolute Gasteiger partial charge is 0.266 e. The van der Waals surface area contributed by atoms with Crippen LogP contribution in [0.4, 0.5) is 13.2 Å². The summed E-state index contributed by atoms with van der Waals surface area (Å²) in [6.07, 6.45) is -2.11. The van der Waals surface area contributed by atoms with E-state index >= 15 is 0 Å². The normalized spacial score (nSPS) is 11.1. The molecule has 1 nitrogen and oxygen atoms in total. The summed E-state index contributed by atoms with van der Waals surface area (Å²) in [4.78, 5) is 0. The van der Waals surface area contributed by atoms with E-state index in [1.54, 1.807) is 13.1 Å². The van der Waals surface area contributed by atoms with Crippen molar-refractivity contribution in [3.8, 4) is 0 Å². The Morgan fingerprint density at radius 3 is 2.47 bits per heavy atom. The Morgan fingerprint density at radius 2 is 2.00 bits per heavy atom. The van der Waals surface area contributed by atoms with Crippen LogP contribution < -0.4 is 5.32 Å². The minimum absolute atomic E-state index is 0.316. The van der Waals surface area contributed by atoms with E-state index in [4.69, 9.17) is 0 Å². The highest BCUT2D eigenvalue weighted by molar-refractivity contribution is 5.33. The lowest BCUT2D eigenvalue weighted by molar-refractivity contribution is 0.145. The van der Waals surface area contributed by atoms with Crippen molar-refractivity contribution in [1.82, 2.24) is 5.32 Å². The summed E-state index contributed by atoms with van der Waals surface area (Å²) < 4.78 is 38.1. The number of rotatable bonds is 4. The van der Waals surface area contributed by atoms with Crippen LogP contribution in [0, 0.1) is 12.7 Å². The molecular weight excluding hydrogens is 203 g/mol. The van der Waals surface area contributed by atoms with Crippen LogP contribution in [0.2, 0.25) is 0 Å². The number of benzene rings is 1. The monoisotopic (exact) mass is 217 g/mol. The Labute approximate surface area is 87.3 Å². The Kier molecular flexibility index (Phi) is 4.15. The first-order valence-electron chi connectivity index (χ1n) is 4.78. The fourth-order valence-electron chi connectivity index (χ4n) is 1.52. The molecule has 0 radical (unpaired) electrons. The van der Waals surface area contributed by atoms with E-state index in [-0.39, 0.29) is 0 Å². The molecule has 0 heterocycles. The Bertz CT molecular complexity index is 314. The number of hydrogen-bond donors (Lipinski definition) is 1. The highest BCUT2D eigenvalue weighted by Crippen LogP contribution is 2.26. The predicted octanol–water partition coefficient (Wildman–Crippen LogP) is 2.83. The maximum atomic E-state index is 13.3. The average Bonchev–Trinajstić information content (AvgIpc) is 2.12. The minimum Gasteiger partial charge on any atom is -0.319 e. The fraction of sp³-hybridized carbons (Fsp3) is 0.455. The van der Waals surface area contributed by atoms with Gasteiger partial charge in [0.05, 0.1) is 5.56 Å². The van der Waals surface area contributed by atoms with Crippen LogP contribution in [0.15, 0.2) is 12.1 Å². The van der Waals surface area contributed by atoms with Crippen molar-refractivity contribution >= 4 is 0 Å². The van der Waals surface area contributed by atoms with Crippen LogP contribution in [0.1, 0.15) is 23.1 Å². The third-order valence-electron chi connectivity index (χ3n) is 2.28. The molecule has 0 atom stereocenters. The quantitative estimate of drug-likeness (QED) is 0.817. The summed E-state index contributed by atoms with van der Waals surface area (Å²) in [5.74, 6) is -0.809. The minimum atomic E-state index is -2.75. The van der Waals surface area contributed by atoms with Crippen LogP contribution in [-0.2, 0) is 6.42 Å². The summed E-state index contributed by atoms with van der Waals surface area (Å²) in [6, 6.07) is 2.80. The summed E-state index contributed by atoms with van der Waals surface area (Å²) in [5.41, 5.74) is 0.572. The number of alkyl halides is 2. The van der Waals surface area contributed by atoms with Gasteiger partial charge in [-0.15, -0.1) is 0 Å². The molecule has 1 N–H and O–H groups in total. The number of nitrogens with one attached hydrogen (secondary N) is 1. The first kappa shape index (κ1) is 12.0. The zero-order valence-electron chi connectivity index (χ0n) is 8.78. The molecule has 0 bridgehead atoms. The zero-order valence-corrected chi connectivity index (χ0v) is 8.78. The largest absolute Gasteiger partial charge is 0.319 e. The highest BCUT2D eigenvalue weighted by atomic mass is 19.3. The van der Waals surface area contributed by atoms with E-state index in [9.17, 15) is 13.2 Å². The van der Waals surface area contributed by atoms with Gasteiger partial charge in [0.2, 0.25) is 0 Å². The maximum Gasteiger partial charge on any atom is 0.266 e. The van der Waals surface area contributed by atoms with E-state index < -0.39 is 17.8 Å². The van der Waals surface area contributed by atoms with E-state index in [2.05, 4.69) is 5.32 Å². The summed E-state index contributed by atoms with van der Waals surface area (Å²) in [5, 5.41) is 2.92. The van der Waals surface area contributed by atoms with Crippen molar-refractivity contribution in [2.24, 2.45) is 0 Å². The lowest BCUT2D eigenvalue weighted by atomic mass is 10.0. The van der Waals surface area contributed by atoms with Gasteiger partial charge in [-0.25, -0.2) is 13.2 Å². The van der Waals surface area contributed by atoms with E-state index in [0.717, 1.165) is 5.56 Å². The topological polar surface area (TPSA) is 12.0 Å². The molecule has 0 aliphatic heterocycles. The second kappa shape index (κ2) is 5.16. The molecule has 0 spiro atoms. The molecule has 0 saturated carbocycles. The number of likely N-dealkylation sites (N-methyl/N-ethyl adjacent to an activating group) is 1. The molecule has 0 aliphatic rings. The van der Waals surface area contributed by atoms with Crippen molar-refractivity contribution in [3.63, 3.8) is 0 Å². The van der Waals surface area contributed by atoms with Gasteiger partial charge in [-0.1, -0.05) is 6.07 Å². The van der Waals surface area contributed by atoms with Crippen LogP contribution in [0.25, 0.3) is 0 Å². The summed E-state index contributed by atoms with van der Waals surface area (Å²) in [6.45, 7) is 2.21. The molecule has 1 aromatic carbocycles. The van der Waals surface area contributed by atoms with Gasteiger partial charge < -0.3 is 5.32 Å². The second-order valence-corrected chi connectivity index (χ2v) is 3.46. The molecule has 0 saturated heterocycles. The standard InChI is InChI=1S/C11H14F3N/c1-7-5-8(3-4-15-2)6-9(12)10(7)11(13)14/h5-6,11,15H,3-4H2,1-2H3. The van der Waals surface area contributed by atoms with Gasteiger partial charge in [0, 0.05) is 0 Å². The van der Waals surface area contributed by atoms with Crippen molar-refractivity contribution < 1.29 is 13.2 Å². The third-order valence-corrected chi connectivity index (χ3v) is 2.28. The Morgan fingerprint density at radius 1 is 1.33 bits per heavy atom. The van der Waals surface area contributed by atoms with Crippen molar-refractivity contribution in [2.45, 2.75) is 19.8 Å². The summed E-state index contributed by atoms with van der Waals surface area (Å²) in [7, 11) is 1.79. The first-order valence-corrected chi connectivity index (χ1v) is 4.78. The average molecular weight is 217 g/mol. The molecule has 84 valence electrons. The Balaban J connectivity index is 2.97. The summed E-state index contributed by atoms with van der Waals surface area (Å²) >= 11 is 0. The van der Waals surface area contributed by atoms with Gasteiger partial charge in [0.15, 0.2) is 0 Å². The molecule has 0 unspecified atom stereocenters. The van der Waals surface area contributed by atoms with Crippen LogP contribution in [0.5, 0.6) is 0 Å². The van der Waals surface area contributed by atoms with Gasteiger partial charge in [-0.2, -0.15) is 0 Å². The molecule has 15 heavy (non-hydrogen) atoms. The third kappa shape index (κ3) is 2.96. The van der Waals surface area contributed by atoms with Crippen molar-refractivity contribution in [1.29, 1.82) is 0 Å². The lowest BCUT2D eigenvalue weighted by Gasteiger charge is -2.09. The highest BCUT2D eigenvalue weighted by Gasteiger charge is 2.16. The molecular formula is C11H14F3N. The lowest BCUT2D eigenvalue weighted by Crippen LogP contribution is -2.11. The fourth-order valence-corrected chi connectivity index (χ4v) is 1.52. The first-order chi connectivity index (χ1) is 7.06. The molecule has 0 amide bonds. The van der Waals surface area contributed by atoms with Crippen molar-refractivity contribution in [2.75, 3.05) is 13.6 Å². The van der Waals surface area contributed by atoms with E-state index in [0.29, 0.717) is 18.5 Å². The molecule has 0 aromatic heterocycles. The van der Waals surface area contributed by atoms with Crippen LogP contribution in [0.3, 0.4) is 0 Å². The number of aryl methyl sites for hydroxylation is 1. The predicted molar refractivity (Wildman–Crippen MR) is 53.7 cm³/mol. The van der Waals surface area contributed by atoms with Gasteiger partial charge in [0.25, 0.3) is 6.43 Å². The van der Waals surface area contributed by atoms with E-state index in [1.807, 2.05) is 0 Å². The van der Waals surface area contributed by atoms with Crippen molar-refractivity contribution in [3.05, 3.63) is 34.6 Å². The van der Waals surface area contributed by atoms with Gasteiger partial charge in [0.1, 0.15) is 5.82 Å². The second-order valence-electron chi connectivity index (χ2n) is 3.46. The van der Waals surface area contributed by atoms with Gasteiger partial charge in [-0.3, -0.25) is 0 Å². The van der Waals surface area contributed by atoms with Gasteiger partial charge >= 0.3 is 0 Å². The van der Waals surface area contributed by atoms with Crippen LogP contribution >= 0.6 is 0 Å². The molecule has 1 rings (SSSR count). The number of halogens is 3. The number of hydrogen-bond acceptors (Lipinski definition) is 1. The van der Waals surface area contributed by atoms with Gasteiger partial charge in [-0.05, 0) is 44.1 Å². The SMILES string of the molecule is CNCCc1cc(C)c(C(F)F)c(F)c1. The Hall–Kier alpha value is -1.03. The molecule has 4 heteroatoms. The molecule has 0 aliphatic carbocycles. The molecule has 1 aromatic rings. The van der Waals surface area contributed by atoms with Crippen LogP contribution in [-0.4, -0.2) is 13.6 Å². The molecule has 0 fully saturated rings. The zero-order chi connectivity index (χ0) is 11.4. The maximum absolute atomic E-state index is 13.3. The van der Waals surface area contributed by atoms with E-state index in [1.165, 1.54) is 13.0 Å².